The summed E-state index contributed by atoms with van der Waals surface area (Å²) in [7, 11) is 0. The minimum Gasteiger partial charge on any atom is -0.504 e. The second kappa shape index (κ2) is 16.7. The first-order valence-electron chi connectivity index (χ1n) is 24.8. The van der Waals surface area contributed by atoms with Crippen molar-refractivity contribution in [1.82, 2.24) is 10.6 Å². The number of esters is 2. The molecule has 2 bridgehead atoms. The van der Waals surface area contributed by atoms with E-state index in [-0.39, 0.29) is 71.1 Å². The number of nitrogens with one attached hydrogen (secondary N) is 2. The predicted octanol–water partition coefficient (Wildman–Crippen LogP) is 6.96. The maximum absolute atomic E-state index is 15.8. The Kier molecular flexibility index (Phi) is 11.5. The van der Waals surface area contributed by atoms with Crippen molar-refractivity contribution in [1.29, 1.82) is 0 Å². The zero-order chi connectivity index (χ0) is 43.7. The van der Waals surface area contributed by atoms with Gasteiger partial charge in [-0.2, -0.15) is 0 Å². The van der Waals surface area contributed by atoms with Crippen LogP contribution in [0.3, 0.4) is 0 Å². The predicted molar refractivity (Wildman–Crippen MR) is 235 cm³/mol. The van der Waals surface area contributed by atoms with Gasteiger partial charge in [-0.15, -0.1) is 5.92 Å². The van der Waals surface area contributed by atoms with Gasteiger partial charge in [-0.05, 0) is 132 Å². The standard InChI is InChI=1S/C52H70N2O9/c1-31(56)25-33-9-7-10-34-27-39-40(49(30-55)17-5-6-18-49)29-61-45-41(58)16-15-38(43(39)45)44(34)50(21-23-53-24-22-50)46-37(42(26-33)62-32(2)57)14-13-35-12-8-19-51(35)28-36-11-3-4-20-52(36,48(60)63-46)54-47(51)59/h13-16,31,33-37,39-40,42,44,46,53,55-56,58H,3-6,8-9,11-12,17-30H2,1-2H3,(H,54,59). The largest absolute Gasteiger partial charge is 0.504 e. The van der Waals surface area contributed by atoms with Crippen molar-refractivity contribution in [2.24, 2.45) is 51.8 Å². The lowest BCUT2D eigenvalue weighted by atomic mass is 9.50. The van der Waals surface area contributed by atoms with Crippen molar-refractivity contribution in [2.75, 3.05) is 26.3 Å². The van der Waals surface area contributed by atoms with Crippen LogP contribution in [-0.2, 0) is 23.9 Å². The highest BCUT2D eigenvalue weighted by atomic mass is 16.6. The highest BCUT2D eigenvalue weighted by Gasteiger charge is 2.65. The van der Waals surface area contributed by atoms with Gasteiger partial charge in [0.15, 0.2) is 11.5 Å². The summed E-state index contributed by atoms with van der Waals surface area (Å²) in [5.41, 5.74) is -0.715. The Morgan fingerprint density at radius 1 is 1.00 bits per heavy atom. The maximum Gasteiger partial charge on any atom is 0.332 e. The summed E-state index contributed by atoms with van der Waals surface area (Å²) >= 11 is 0. The van der Waals surface area contributed by atoms with E-state index in [9.17, 15) is 24.9 Å². The molecule has 5 aliphatic heterocycles. The Morgan fingerprint density at radius 2 is 1.79 bits per heavy atom. The van der Waals surface area contributed by atoms with Gasteiger partial charge in [-0.1, -0.05) is 56.2 Å². The number of phenols is 1. The number of hydrogen-bond acceptors (Lipinski definition) is 10. The van der Waals surface area contributed by atoms with Gasteiger partial charge < -0.3 is 40.2 Å². The highest BCUT2D eigenvalue weighted by molar-refractivity contribution is 5.93. The number of allylic oxidation sites excluding steroid dienone is 1. The number of carbonyl (C=O) groups is 3. The number of benzene rings is 1. The summed E-state index contributed by atoms with van der Waals surface area (Å²) in [5.74, 6) is 6.19. The van der Waals surface area contributed by atoms with Crippen LogP contribution < -0.4 is 15.4 Å². The molecule has 63 heavy (non-hydrogen) atoms. The average Bonchev–Trinajstić information content (AvgIpc) is 3.92. The van der Waals surface area contributed by atoms with Crippen LogP contribution in [0.4, 0.5) is 0 Å². The van der Waals surface area contributed by atoms with Crippen molar-refractivity contribution in [3.8, 4) is 23.3 Å². The Hall–Kier alpha value is -3.59. The van der Waals surface area contributed by atoms with Crippen molar-refractivity contribution in [3.05, 3.63) is 35.4 Å². The van der Waals surface area contributed by atoms with Crippen molar-refractivity contribution in [2.45, 2.75) is 165 Å². The number of phenolic OH excluding ortho intramolecular Hbond substituents is 1. The smallest absolute Gasteiger partial charge is 0.332 e. The van der Waals surface area contributed by atoms with Crippen LogP contribution in [-0.4, -0.2) is 83.3 Å². The minimum absolute atomic E-state index is 0.0144. The molecule has 5 N–H and O–H groups in total. The van der Waals surface area contributed by atoms with E-state index < -0.39 is 46.6 Å². The van der Waals surface area contributed by atoms with E-state index in [1.165, 1.54) is 6.92 Å². The molecule has 342 valence electrons. The van der Waals surface area contributed by atoms with Crippen molar-refractivity contribution >= 4 is 17.8 Å². The number of carbonyl (C=O) groups excluding carboxylic acids is 3. The number of rotatable bonds is 5. The zero-order valence-corrected chi connectivity index (χ0v) is 37.5. The number of piperidine rings is 2. The summed E-state index contributed by atoms with van der Waals surface area (Å²) < 4.78 is 20.6. The van der Waals surface area contributed by atoms with E-state index in [0.29, 0.717) is 76.8 Å². The Balaban J connectivity index is 1.22. The van der Waals surface area contributed by atoms with Gasteiger partial charge in [-0.25, -0.2) is 4.79 Å². The molecule has 5 heterocycles. The van der Waals surface area contributed by atoms with Gasteiger partial charge in [-0.3, -0.25) is 9.59 Å². The van der Waals surface area contributed by atoms with Crippen LogP contribution in [0.2, 0.25) is 0 Å². The summed E-state index contributed by atoms with van der Waals surface area (Å²) in [6, 6.07) is 3.84. The van der Waals surface area contributed by atoms with Crippen LogP contribution >= 0.6 is 0 Å². The molecule has 0 radical (unpaired) electrons. The molecule has 0 aromatic heterocycles. The van der Waals surface area contributed by atoms with E-state index in [4.69, 9.17) is 14.2 Å². The molecule has 2 saturated heterocycles. The van der Waals surface area contributed by atoms with Crippen molar-refractivity contribution < 1.29 is 43.9 Å². The number of aromatic hydroxyl groups is 1. The van der Waals surface area contributed by atoms with Crippen LogP contribution in [0.25, 0.3) is 0 Å². The quantitative estimate of drug-likeness (QED) is 0.119. The van der Waals surface area contributed by atoms with Crippen molar-refractivity contribution in [3.63, 3.8) is 0 Å². The number of aliphatic hydroxyl groups is 2. The van der Waals surface area contributed by atoms with Crippen LogP contribution in [0.5, 0.6) is 11.5 Å². The molecule has 1 aromatic rings. The molecule has 5 fully saturated rings. The molecule has 11 rings (SSSR count). The number of fused-ring (bicyclic) bond motifs is 5. The lowest BCUT2D eigenvalue weighted by molar-refractivity contribution is -0.189. The average molecular weight is 867 g/mol. The molecule has 3 spiro atoms. The summed E-state index contributed by atoms with van der Waals surface area (Å²) in [4.78, 5) is 43.9. The first kappa shape index (κ1) is 43.3. The molecule has 13 atom stereocenters. The number of hydrogen-bond donors (Lipinski definition) is 5. The second-order valence-electron chi connectivity index (χ2n) is 21.8. The van der Waals surface area contributed by atoms with Gasteiger partial charge in [0.05, 0.1) is 24.0 Å². The van der Waals surface area contributed by atoms with Gasteiger partial charge in [0, 0.05) is 54.1 Å². The third-order valence-electron chi connectivity index (χ3n) is 18.6. The van der Waals surface area contributed by atoms with E-state index in [1.54, 1.807) is 13.0 Å². The zero-order valence-electron chi connectivity index (χ0n) is 37.5. The van der Waals surface area contributed by atoms with E-state index >= 15 is 4.79 Å². The summed E-state index contributed by atoms with van der Waals surface area (Å²) in [6.07, 6.45) is 16.2. The van der Waals surface area contributed by atoms with E-state index in [1.807, 2.05) is 0 Å². The van der Waals surface area contributed by atoms with Gasteiger partial charge >= 0.3 is 11.9 Å². The minimum atomic E-state index is -1.15. The fraction of sp³-hybridized carbons (Fsp3) is 0.750. The van der Waals surface area contributed by atoms with Crippen LogP contribution in [0.1, 0.15) is 152 Å². The number of aliphatic hydroxyl groups excluding tert-OH is 2. The fourth-order valence-electron chi connectivity index (χ4n) is 15.8. The van der Waals surface area contributed by atoms with E-state index in [2.05, 4.69) is 40.7 Å². The normalized spacial score (nSPS) is 40.3. The molecule has 11 heteroatoms. The molecular weight excluding hydrogens is 797 g/mol. The Morgan fingerprint density at radius 3 is 2.56 bits per heavy atom. The summed E-state index contributed by atoms with van der Waals surface area (Å²) in [5, 5.41) is 40.8. The molecule has 5 aliphatic carbocycles. The molecule has 13 unspecified atom stereocenters. The first-order chi connectivity index (χ1) is 30.4. The second-order valence-corrected chi connectivity index (χ2v) is 21.8. The van der Waals surface area contributed by atoms with Crippen LogP contribution in [0.15, 0.2) is 24.3 Å². The Labute approximate surface area is 373 Å². The lowest BCUT2D eigenvalue weighted by Crippen LogP contribution is -2.69. The molecule has 3 saturated carbocycles. The molecular formula is C52H70N2O9. The third-order valence-corrected chi connectivity index (χ3v) is 18.6. The molecule has 1 aromatic carbocycles. The van der Waals surface area contributed by atoms with Gasteiger partial charge in [0.25, 0.3) is 0 Å². The molecule has 10 aliphatic rings. The topological polar surface area (TPSA) is 164 Å². The number of ether oxygens (including phenoxy) is 3. The first-order valence-corrected chi connectivity index (χ1v) is 24.8. The highest BCUT2D eigenvalue weighted by Crippen LogP contribution is 2.66. The molecule has 1 amide bonds. The monoisotopic (exact) mass is 867 g/mol. The number of amides is 1. The SMILES string of the molecule is CC(=O)OC1CC(CC(C)O)CC#CC2CC3c4c(ccc(O)c4OCC3C3(CO)CCCC3)C2C2(CCNCC2)C2OC(=O)C34CCCCC3CC3(CCCC3C=CC12)C(=O)N4. The third kappa shape index (κ3) is 7.05. The van der Waals surface area contributed by atoms with Crippen LogP contribution in [0, 0.1) is 63.6 Å². The molecule has 11 nitrogen and oxygen atoms in total. The van der Waals surface area contributed by atoms with Gasteiger partial charge in [0.2, 0.25) is 5.91 Å². The Bertz CT molecular complexity index is 2040. The maximum atomic E-state index is 15.8. The fourth-order valence-corrected chi connectivity index (χ4v) is 15.8. The lowest BCUT2D eigenvalue weighted by Gasteiger charge is -2.57. The summed E-state index contributed by atoms with van der Waals surface area (Å²) in [6.45, 7) is 5.11. The van der Waals surface area contributed by atoms with Gasteiger partial charge in [0.1, 0.15) is 17.7 Å². The van der Waals surface area contributed by atoms with E-state index in [0.717, 1.165) is 75.3 Å².